The minimum atomic E-state index is -0.352. The predicted octanol–water partition coefficient (Wildman–Crippen LogP) is 5.94. The maximum Gasteiger partial charge on any atom is 0.338 e. The molecular formula is C37H58O10. The molecule has 47 heavy (non-hydrogen) atoms. The molecule has 10 heteroatoms. The number of esters is 1. The zero-order valence-corrected chi connectivity index (χ0v) is 28.5. The third-order valence-electron chi connectivity index (χ3n) is 6.94. The molecule has 0 spiro atoms. The van der Waals surface area contributed by atoms with Crippen molar-refractivity contribution in [3.05, 3.63) is 65.7 Å². The van der Waals surface area contributed by atoms with Crippen molar-refractivity contribution in [1.29, 1.82) is 0 Å². The van der Waals surface area contributed by atoms with Crippen LogP contribution in [0, 0.1) is 0 Å². The first kappa shape index (κ1) is 40.6. The summed E-state index contributed by atoms with van der Waals surface area (Å²) in [5.41, 5.74) is 1.90. The number of hydrogen-bond acceptors (Lipinski definition) is 10. The van der Waals surface area contributed by atoms with Gasteiger partial charge in [0.25, 0.3) is 0 Å². The largest absolute Gasteiger partial charge is 0.491 e. The van der Waals surface area contributed by atoms with Gasteiger partial charge in [-0.3, -0.25) is 0 Å². The van der Waals surface area contributed by atoms with E-state index in [0.717, 1.165) is 12.2 Å². The lowest BCUT2D eigenvalue weighted by atomic mass is 10.0. The molecular weight excluding hydrogens is 604 g/mol. The molecule has 0 unspecified atom stereocenters. The van der Waals surface area contributed by atoms with Gasteiger partial charge in [-0.15, -0.1) is 0 Å². The molecule has 10 nitrogen and oxygen atoms in total. The lowest BCUT2D eigenvalue weighted by Gasteiger charge is -2.09. The third kappa shape index (κ3) is 24.3. The average Bonchev–Trinajstić information content (AvgIpc) is 3.10. The summed E-state index contributed by atoms with van der Waals surface area (Å²) in [5.74, 6) is 0.530. The van der Waals surface area contributed by atoms with E-state index in [1.165, 1.54) is 44.1 Å². The second kappa shape index (κ2) is 30.7. The Morgan fingerprint density at radius 2 is 0.894 bits per heavy atom. The van der Waals surface area contributed by atoms with Crippen LogP contribution in [0.2, 0.25) is 0 Å². The zero-order chi connectivity index (χ0) is 33.3. The highest BCUT2D eigenvalue weighted by atomic mass is 16.6. The number of ether oxygens (including phenoxy) is 9. The van der Waals surface area contributed by atoms with Gasteiger partial charge >= 0.3 is 5.97 Å². The van der Waals surface area contributed by atoms with Gasteiger partial charge in [-0.25, -0.2) is 4.79 Å². The van der Waals surface area contributed by atoms with E-state index in [1.807, 2.05) is 18.2 Å². The molecule has 0 saturated heterocycles. The van der Waals surface area contributed by atoms with Crippen LogP contribution in [0.15, 0.2) is 54.6 Å². The van der Waals surface area contributed by atoms with E-state index < -0.39 is 0 Å². The molecule has 0 bridgehead atoms. The monoisotopic (exact) mass is 662 g/mol. The number of carbonyl (C=O) groups is 1. The Bertz CT molecular complexity index is 957. The summed E-state index contributed by atoms with van der Waals surface area (Å²) in [6, 6.07) is 17.3. The quantitative estimate of drug-likeness (QED) is 0.0674. The van der Waals surface area contributed by atoms with E-state index in [0.29, 0.717) is 105 Å². The molecule has 0 aliphatic carbocycles. The number of aryl methyl sites for hydroxylation is 1. The van der Waals surface area contributed by atoms with Crippen LogP contribution in [0.3, 0.4) is 0 Å². The van der Waals surface area contributed by atoms with Crippen molar-refractivity contribution in [3.8, 4) is 5.75 Å². The smallest absolute Gasteiger partial charge is 0.338 e. The molecule has 0 radical (unpaired) electrons. The summed E-state index contributed by atoms with van der Waals surface area (Å²) in [5, 5.41) is 0. The minimum Gasteiger partial charge on any atom is -0.491 e. The number of hydrogen-bond donors (Lipinski definition) is 0. The van der Waals surface area contributed by atoms with Crippen molar-refractivity contribution in [3.63, 3.8) is 0 Å². The van der Waals surface area contributed by atoms with Gasteiger partial charge in [-0.1, -0.05) is 69.4 Å². The van der Waals surface area contributed by atoms with E-state index in [2.05, 4.69) is 19.1 Å². The molecule has 0 aromatic heterocycles. The molecule has 0 aliphatic rings. The van der Waals surface area contributed by atoms with Gasteiger partial charge in [0.15, 0.2) is 0 Å². The SMILES string of the molecule is CCCCCCCCc1ccc(OCCOCCOCCOCCOCCOCCOCCOCCOC(=O)c2ccccc2)cc1. The Morgan fingerprint density at radius 1 is 0.468 bits per heavy atom. The van der Waals surface area contributed by atoms with E-state index in [4.69, 9.17) is 42.6 Å². The van der Waals surface area contributed by atoms with Crippen molar-refractivity contribution in [1.82, 2.24) is 0 Å². The standard InChI is InChI=1S/C37H58O10/c1-2-3-4-5-6-8-11-34-14-16-36(17-15-34)46-32-30-44-28-26-42-24-22-40-20-18-39-19-21-41-23-25-43-27-29-45-31-33-47-37(38)35-12-9-7-10-13-35/h7,9-10,12-17H,2-6,8,11,18-33H2,1H3. The van der Waals surface area contributed by atoms with Gasteiger partial charge in [0, 0.05) is 0 Å². The number of benzene rings is 2. The first-order valence-corrected chi connectivity index (χ1v) is 17.3. The summed E-state index contributed by atoms with van der Waals surface area (Å²) < 4.78 is 49.3. The van der Waals surface area contributed by atoms with Gasteiger partial charge in [0.1, 0.15) is 19.0 Å². The first-order chi connectivity index (χ1) is 23.3. The Hall–Kier alpha value is -2.57. The lowest BCUT2D eigenvalue weighted by molar-refractivity contribution is -0.0228. The van der Waals surface area contributed by atoms with Crippen LogP contribution in [-0.4, -0.2) is 112 Å². The van der Waals surface area contributed by atoms with Crippen molar-refractivity contribution < 1.29 is 47.4 Å². The Labute approximate surface area is 282 Å². The lowest BCUT2D eigenvalue weighted by Crippen LogP contribution is -2.15. The molecule has 266 valence electrons. The van der Waals surface area contributed by atoms with Crippen LogP contribution in [0.25, 0.3) is 0 Å². The minimum absolute atomic E-state index is 0.206. The van der Waals surface area contributed by atoms with Crippen LogP contribution in [0.4, 0.5) is 0 Å². The van der Waals surface area contributed by atoms with Gasteiger partial charge in [0.05, 0.1) is 98.1 Å². The van der Waals surface area contributed by atoms with Crippen molar-refractivity contribution >= 4 is 5.97 Å². The van der Waals surface area contributed by atoms with Gasteiger partial charge in [-0.05, 0) is 42.7 Å². The van der Waals surface area contributed by atoms with Gasteiger partial charge in [0.2, 0.25) is 0 Å². The molecule has 0 aliphatic heterocycles. The van der Waals surface area contributed by atoms with E-state index in [1.54, 1.807) is 24.3 Å². The molecule has 2 aromatic carbocycles. The second-order valence-electron chi connectivity index (χ2n) is 10.8. The van der Waals surface area contributed by atoms with E-state index in [9.17, 15) is 4.79 Å². The molecule has 0 fully saturated rings. The van der Waals surface area contributed by atoms with Crippen molar-refractivity contribution in [2.75, 3.05) is 106 Å². The topological polar surface area (TPSA) is 100 Å². The third-order valence-corrected chi connectivity index (χ3v) is 6.94. The molecule has 0 N–H and O–H groups in total. The van der Waals surface area contributed by atoms with Crippen LogP contribution in [0.5, 0.6) is 5.75 Å². The highest BCUT2D eigenvalue weighted by Crippen LogP contribution is 2.15. The summed E-state index contributed by atoms with van der Waals surface area (Å²) in [7, 11) is 0. The molecule has 0 saturated carbocycles. The molecule has 0 atom stereocenters. The number of carbonyl (C=O) groups excluding carboxylic acids is 1. The summed E-state index contributed by atoms with van der Waals surface area (Å²) in [4.78, 5) is 11.8. The fourth-order valence-corrected chi connectivity index (χ4v) is 4.35. The fourth-order valence-electron chi connectivity index (χ4n) is 4.35. The van der Waals surface area contributed by atoms with Gasteiger partial charge < -0.3 is 42.6 Å². The Kier molecular flexibility index (Phi) is 26.6. The summed E-state index contributed by atoms with van der Waals surface area (Å²) in [6.07, 6.45) is 9.08. The Balaban J connectivity index is 1.21. The highest BCUT2D eigenvalue weighted by Gasteiger charge is 2.05. The summed E-state index contributed by atoms with van der Waals surface area (Å²) in [6.45, 7) is 9.74. The normalized spacial score (nSPS) is 11.2. The van der Waals surface area contributed by atoms with Crippen LogP contribution in [0.1, 0.15) is 61.4 Å². The number of rotatable bonds is 33. The van der Waals surface area contributed by atoms with Gasteiger partial charge in [-0.2, -0.15) is 0 Å². The number of unbranched alkanes of at least 4 members (excludes halogenated alkanes) is 5. The molecule has 2 rings (SSSR count). The fraction of sp³-hybridized carbons (Fsp3) is 0.649. The second-order valence-corrected chi connectivity index (χ2v) is 10.8. The first-order valence-electron chi connectivity index (χ1n) is 17.3. The highest BCUT2D eigenvalue weighted by molar-refractivity contribution is 5.89. The maximum absolute atomic E-state index is 11.8. The van der Waals surface area contributed by atoms with Crippen LogP contribution < -0.4 is 4.74 Å². The average molecular weight is 663 g/mol. The van der Waals surface area contributed by atoms with E-state index in [-0.39, 0.29) is 12.6 Å². The van der Waals surface area contributed by atoms with Crippen LogP contribution in [-0.2, 0) is 44.3 Å². The Morgan fingerprint density at radius 3 is 1.38 bits per heavy atom. The van der Waals surface area contributed by atoms with Crippen molar-refractivity contribution in [2.24, 2.45) is 0 Å². The maximum atomic E-state index is 11.8. The predicted molar refractivity (Wildman–Crippen MR) is 181 cm³/mol. The molecule has 0 heterocycles. The van der Waals surface area contributed by atoms with E-state index >= 15 is 0 Å². The van der Waals surface area contributed by atoms with Crippen molar-refractivity contribution in [2.45, 2.75) is 51.9 Å². The van der Waals surface area contributed by atoms with Crippen LogP contribution >= 0.6 is 0 Å². The zero-order valence-electron chi connectivity index (χ0n) is 28.5. The summed E-state index contributed by atoms with van der Waals surface area (Å²) >= 11 is 0. The molecule has 2 aromatic rings. The molecule has 0 amide bonds.